The van der Waals surface area contributed by atoms with Crippen molar-refractivity contribution in [3.8, 4) is 5.75 Å². The Morgan fingerprint density at radius 2 is 1.90 bits per heavy atom. The van der Waals surface area contributed by atoms with E-state index in [1.165, 1.54) is 18.3 Å². The fourth-order valence-corrected chi connectivity index (χ4v) is 2.51. The van der Waals surface area contributed by atoms with Crippen molar-refractivity contribution in [3.05, 3.63) is 36.3 Å². The van der Waals surface area contributed by atoms with Crippen molar-refractivity contribution in [3.63, 3.8) is 0 Å². The van der Waals surface area contributed by atoms with Crippen molar-refractivity contribution < 1.29 is 27.5 Å². The van der Waals surface area contributed by atoms with Crippen LogP contribution in [0.15, 0.2) is 30.5 Å². The molecule has 0 aliphatic rings. The van der Waals surface area contributed by atoms with Crippen LogP contribution in [0, 0.1) is 0 Å². The average molecular weight is 448 g/mol. The number of hydrogen-bond donors (Lipinski definition) is 3. The number of urea groups is 1. The molecule has 8 nitrogen and oxygen atoms in total. The van der Waals surface area contributed by atoms with Gasteiger partial charge >= 0.3 is 12.4 Å². The second kappa shape index (κ2) is 10.7. The van der Waals surface area contributed by atoms with Crippen LogP contribution in [0.4, 0.5) is 29.5 Å². The fourth-order valence-electron chi connectivity index (χ4n) is 2.41. The second-order valence-corrected chi connectivity index (χ2v) is 6.47. The molecule has 1 aromatic heterocycles. The molecule has 30 heavy (non-hydrogen) atoms. The van der Waals surface area contributed by atoms with Crippen LogP contribution in [-0.4, -0.2) is 40.3 Å². The number of anilines is 2. The van der Waals surface area contributed by atoms with E-state index < -0.39 is 24.1 Å². The molecule has 164 valence electrons. The summed E-state index contributed by atoms with van der Waals surface area (Å²) in [6.45, 7) is 2.82. The molecule has 0 aliphatic carbocycles. The Balaban J connectivity index is 2.03. The zero-order chi connectivity index (χ0) is 22.1. The van der Waals surface area contributed by atoms with E-state index >= 15 is 0 Å². The van der Waals surface area contributed by atoms with Gasteiger partial charge in [-0.1, -0.05) is 13.3 Å². The molecule has 0 saturated carbocycles. The van der Waals surface area contributed by atoms with E-state index in [1.807, 2.05) is 6.92 Å². The third-order valence-corrected chi connectivity index (χ3v) is 3.89. The lowest BCUT2D eigenvalue weighted by molar-refractivity contribution is -0.274. The van der Waals surface area contributed by atoms with Gasteiger partial charge < -0.3 is 19.9 Å². The molecule has 0 spiro atoms. The molecule has 2 aromatic rings. The number of halogens is 4. The largest absolute Gasteiger partial charge is 0.573 e. The Bertz CT molecular complexity index is 856. The Morgan fingerprint density at radius 1 is 1.20 bits per heavy atom. The molecule has 2 rings (SSSR count). The highest BCUT2D eigenvalue weighted by Gasteiger charge is 2.31. The highest BCUT2D eigenvalue weighted by Crippen LogP contribution is 2.24. The van der Waals surface area contributed by atoms with Gasteiger partial charge in [0, 0.05) is 30.9 Å². The maximum Gasteiger partial charge on any atom is 0.573 e. The highest BCUT2D eigenvalue weighted by molar-refractivity contribution is 6.18. The first-order valence-corrected chi connectivity index (χ1v) is 9.60. The predicted octanol–water partition coefficient (Wildman–Crippen LogP) is 4.19. The minimum atomic E-state index is -4.79. The Hall–Kier alpha value is -2.95. The van der Waals surface area contributed by atoms with E-state index in [9.17, 15) is 22.8 Å². The summed E-state index contributed by atoms with van der Waals surface area (Å²) in [7, 11) is 0. The third kappa shape index (κ3) is 7.47. The fraction of sp³-hybridized carbons (Fsp3) is 0.389. The number of imidazole rings is 1. The van der Waals surface area contributed by atoms with Gasteiger partial charge in [-0.2, -0.15) is 0 Å². The van der Waals surface area contributed by atoms with E-state index in [-0.39, 0.29) is 29.8 Å². The summed E-state index contributed by atoms with van der Waals surface area (Å²) >= 11 is 5.58. The molecule has 12 heteroatoms. The third-order valence-electron chi connectivity index (χ3n) is 3.70. The van der Waals surface area contributed by atoms with Gasteiger partial charge in [-0.05, 0) is 30.7 Å². The summed E-state index contributed by atoms with van der Waals surface area (Å²) < 4.78 is 42.0. The molecule has 0 unspecified atom stereocenters. The maximum atomic E-state index is 12.2. The molecule has 3 N–H and O–H groups in total. The van der Waals surface area contributed by atoms with Crippen molar-refractivity contribution in [1.82, 2.24) is 14.9 Å². The standard InChI is InChI=1S/C18H21ClF3N5O3/c1-2-3-10-27-11-14(25-15(27)16(28)23-9-8-19)26-17(29)24-12-4-6-13(7-5-12)30-18(20,21)22/h4-7,11H,2-3,8-10H2,1H3,(H,23,28)(H2,24,26,29). The Labute approximate surface area is 175 Å². The van der Waals surface area contributed by atoms with Crippen LogP contribution in [-0.2, 0) is 6.54 Å². The summed E-state index contributed by atoms with van der Waals surface area (Å²) in [5, 5.41) is 7.57. The van der Waals surface area contributed by atoms with Crippen LogP contribution in [0.2, 0.25) is 0 Å². The SMILES string of the molecule is CCCCn1cc(NC(=O)Nc2ccc(OC(F)(F)F)cc2)nc1C(=O)NCCCl. The van der Waals surface area contributed by atoms with E-state index in [1.54, 1.807) is 4.57 Å². The number of aromatic nitrogens is 2. The summed E-state index contributed by atoms with van der Waals surface area (Å²) in [5.41, 5.74) is 0.243. The molecule has 1 aromatic carbocycles. The number of hydrogen-bond acceptors (Lipinski definition) is 4. The molecule has 1 heterocycles. The first kappa shape index (κ1) is 23.3. The molecular weight excluding hydrogens is 427 g/mol. The highest BCUT2D eigenvalue weighted by atomic mass is 35.5. The van der Waals surface area contributed by atoms with Crippen molar-refractivity contribution in [1.29, 1.82) is 0 Å². The van der Waals surface area contributed by atoms with Crippen LogP contribution < -0.4 is 20.7 Å². The number of carbonyl (C=O) groups is 2. The van der Waals surface area contributed by atoms with Gasteiger partial charge in [0.2, 0.25) is 5.82 Å². The molecule has 0 radical (unpaired) electrons. The monoisotopic (exact) mass is 447 g/mol. The van der Waals surface area contributed by atoms with Gasteiger partial charge in [-0.15, -0.1) is 24.8 Å². The van der Waals surface area contributed by atoms with Crippen LogP contribution >= 0.6 is 11.6 Å². The lowest BCUT2D eigenvalue weighted by Gasteiger charge is -2.10. The number of aryl methyl sites for hydroxylation is 1. The number of amides is 3. The number of alkyl halides is 4. The number of unbranched alkanes of at least 4 members (excludes halogenated alkanes) is 1. The van der Waals surface area contributed by atoms with E-state index in [0.29, 0.717) is 6.54 Å². The molecule has 0 saturated heterocycles. The van der Waals surface area contributed by atoms with E-state index in [2.05, 4.69) is 25.7 Å². The summed E-state index contributed by atoms with van der Waals surface area (Å²) in [5.74, 6) is -0.285. The zero-order valence-electron chi connectivity index (χ0n) is 16.1. The smallest absolute Gasteiger partial charge is 0.406 e. The zero-order valence-corrected chi connectivity index (χ0v) is 16.8. The number of nitrogens with one attached hydrogen (secondary N) is 3. The van der Waals surface area contributed by atoms with E-state index in [0.717, 1.165) is 25.0 Å². The van der Waals surface area contributed by atoms with Crippen LogP contribution in [0.25, 0.3) is 0 Å². The van der Waals surface area contributed by atoms with Gasteiger partial charge in [0.25, 0.3) is 5.91 Å². The topological polar surface area (TPSA) is 97.3 Å². The number of nitrogens with zero attached hydrogens (tertiary/aromatic N) is 2. The number of ether oxygens (including phenoxy) is 1. The minimum absolute atomic E-state index is 0.137. The van der Waals surface area contributed by atoms with Crippen LogP contribution in [0.1, 0.15) is 30.4 Å². The first-order chi connectivity index (χ1) is 14.2. The average Bonchev–Trinajstić information content (AvgIpc) is 3.07. The maximum absolute atomic E-state index is 12.2. The predicted molar refractivity (Wildman–Crippen MR) is 106 cm³/mol. The lowest BCUT2D eigenvalue weighted by atomic mass is 10.3. The number of benzene rings is 1. The quantitative estimate of drug-likeness (QED) is 0.502. The Kier molecular flexibility index (Phi) is 8.34. The van der Waals surface area contributed by atoms with Gasteiger partial charge in [0.1, 0.15) is 5.75 Å². The summed E-state index contributed by atoms with van der Waals surface area (Å²) in [6.07, 6.45) is -1.55. The minimum Gasteiger partial charge on any atom is -0.406 e. The number of rotatable bonds is 9. The van der Waals surface area contributed by atoms with Crippen molar-refractivity contribution in [2.45, 2.75) is 32.7 Å². The van der Waals surface area contributed by atoms with Crippen LogP contribution in [0.5, 0.6) is 5.75 Å². The lowest BCUT2D eigenvalue weighted by Crippen LogP contribution is -2.28. The van der Waals surface area contributed by atoms with Crippen molar-refractivity contribution in [2.24, 2.45) is 0 Å². The summed E-state index contributed by atoms with van der Waals surface area (Å²) in [4.78, 5) is 28.5. The molecule has 0 atom stereocenters. The van der Waals surface area contributed by atoms with Gasteiger partial charge in [0.15, 0.2) is 5.82 Å². The van der Waals surface area contributed by atoms with Gasteiger partial charge in [-0.3, -0.25) is 10.1 Å². The normalized spacial score (nSPS) is 11.1. The molecule has 3 amide bonds. The first-order valence-electron chi connectivity index (χ1n) is 9.07. The Morgan fingerprint density at radius 3 is 2.50 bits per heavy atom. The second-order valence-electron chi connectivity index (χ2n) is 6.09. The van der Waals surface area contributed by atoms with E-state index in [4.69, 9.17) is 11.6 Å². The van der Waals surface area contributed by atoms with Crippen molar-refractivity contribution in [2.75, 3.05) is 23.1 Å². The molecular formula is C18H21ClF3N5O3. The molecule has 0 aliphatic heterocycles. The summed E-state index contributed by atoms with van der Waals surface area (Å²) in [6, 6.07) is 3.98. The molecule has 0 bridgehead atoms. The van der Waals surface area contributed by atoms with Gasteiger partial charge in [0.05, 0.1) is 0 Å². The number of carbonyl (C=O) groups excluding carboxylic acids is 2. The molecule has 0 fully saturated rings. The van der Waals surface area contributed by atoms with Crippen molar-refractivity contribution >= 4 is 35.0 Å². The van der Waals surface area contributed by atoms with Crippen LogP contribution in [0.3, 0.4) is 0 Å². The van der Waals surface area contributed by atoms with Gasteiger partial charge in [-0.25, -0.2) is 9.78 Å².